The van der Waals surface area contributed by atoms with Crippen LogP contribution in [-0.2, 0) is 6.54 Å². The zero-order chi connectivity index (χ0) is 9.97. The lowest BCUT2D eigenvalue weighted by atomic mass is 10.2. The summed E-state index contributed by atoms with van der Waals surface area (Å²) in [6.07, 6.45) is 3.19. The second-order valence-electron chi connectivity index (χ2n) is 3.66. The van der Waals surface area contributed by atoms with E-state index in [2.05, 4.69) is 42.0 Å². The number of rotatable bonds is 3. The normalized spacial score (nSPS) is 11.0. The first-order chi connectivity index (χ1) is 6.83. The summed E-state index contributed by atoms with van der Waals surface area (Å²) in [5.41, 5.74) is 8.20. The lowest BCUT2D eigenvalue weighted by Crippen LogP contribution is -2.05. The molecular formula is C12H16N2. The minimum absolute atomic E-state index is 0.756. The van der Waals surface area contributed by atoms with Gasteiger partial charge in [-0.05, 0) is 36.9 Å². The predicted molar refractivity (Wildman–Crippen MR) is 60.3 cm³/mol. The van der Waals surface area contributed by atoms with Crippen LogP contribution in [0.5, 0.6) is 0 Å². The molecule has 74 valence electrons. The summed E-state index contributed by atoms with van der Waals surface area (Å²) >= 11 is 0. The van der Waals surface area contributed by atoms with Crippen LogP contribution in [0.1, 0.15) is 12.0 Å². The van der Waals surface area contributed by atoms with Crippen LogP contribution in [0.15, 0.2) is 30.5 Å². The third-order valence-corrected chi connectivity index (χ3v) is 2.59. The second kappa shape index (κ2) is 3.84. The molecule has 0 saturated heterocycles. The first kappa shape index (κ1) is 9.28. The molecule has 0 spiro atoms. The van der Waals surface area contributed by atoms with Gasteiger partial charge in [-0.1, -0.05) is 18.2 Å². The fraction of sp³-hybridized carbons (Fsp3) is 0.333. The summed E-state index contributed by atoms with van der Waals surface area (Å²) in [7, 11) is 0. The Morgan fingerprint density at radius 3 is 2.93 bits per heavy atom. The molecule has 0 bridgehead atoms. The fourth-order valence-corrected chi connectivity index (χ4v) is 1.90. The number of nitrogens with two attached hydrogens (primary N) is 1. The average Bonchev–Trinajstić information content (AvgIpc) is 2.59. The van der Waals surface area contributed by atoms with Crippen molar-refractivity contribution in [3.8, 4) is 0 Å². The molecule has 2 nitrogen and oxygen atoms in total. The maximum absolute atomic E-state index is 5.51. The molecule has 2 N–H and O–H groups in total. The number of aromatic nitrogens is 1. The van der Waals surface area contributed by atoms with Crippen molar-refractivity contribution in [1.82, 2.24) is 4.57 Å². The monoisotopic (exact) mass is 188 g/mol. The number of aryl methyl sites for hydroxylation is 2. The van der Waals surface area contributed by atoms with Crippen molar-refractivity contribution < 1.29 is 0 Å². The average molecular weight is 188 g/mol. The van der Waals surface area contributed by atoms with Gasteiger partial charge >= 0.3 is 0 Å². The lowest BCUT2D eigenvalue weighted by molar-refractivity contribution is 0.670. The Balaban J connectivity index is 2.45. The van der Waals surface area contributed by atoms with Crippen LogP contribution < -0.4 is 5.73 Å². The molecule has 0 saturated carbocycles. The van der Waals surface area contributed by atoms with E-state index in [1.54, 1.807) is 0 Å². The molecule has 0 aliphatic rings. The largest absolute Gasteiger partial charge is 0.347 e. The summed E-state index contributed by atoms with van der Waals surface area (Å²) in [4.78, 5) is 0. The van der Waals surface area contributed by atoms with Gasteiger partial charge in [-0.2, -0.15) is 0 Å². The summed E-state index contributed by atoms with van der Waals surface area (Å²) < 4.78 is 2.29. The van der Waals surface area contributed by atoms with Crippen LogP contribution in [0, 0.1) is 6.92 Å². The zero-order valence-corrected chi connectivity index (χ0v) is 8.53. The molecule has 0 unspecified atom stereocenters. The molecule has 0 amide bonds. The molecule has 0 aliphatic heterocycles. The summed E-state index contributed by atoms with van der Waals surface area (Å²) in [5, 5.41) is 1.32. The molecule has 0 radical (unpaired) electrons. The smallest absolute Gasteiger partial charge is 0.0509 e. The molecule has 1 aromatic carbocycles. The highest BCUT2D eigenvalue weighted by atomic mass is 15.0. The predicted octanol–water partition coefficient (Wildman–Crippen LogP) is 2.30. The third kappa shape index (κ3) is 1.53. The van der Waals surface area contributed by atoms with Crippen molar-refractivity contribution in [2.75, 3.05) is 6.54 Å². The number of fused-ring (bicyclic) bond motifs is 1. The van der Waals surface area contributed by atoms with Crippen LogP contribution in [0.25, 0.3) is 10.9 Å². The maximum atomic E-state index is 5.51. The Bertz CT molecular complexity index is 429. The molecule has 0 aliphatic carbocycles. The van der Waals surface area contributed by atoms with Crippen molar-refractivity contribution >= 4 is 10.9 Å². The summed E-state index contributed by atoms with van der Waals surface area (Å²) in [6.45, 7) is 3.93. The lowest BCUT2D eigenvalue weighted by Gasteiger charge is -2.06. The number of para-hydroxylation sites is 1. The van der Waals surface area contributed by atoms with Gasteiger partial charge in [0.15, 0.2) is 0 Å². The van der Waals surface area contributed by atoms with Gasteiger partial charge in [0.25, 0.3) is 0 Å². The van der Waals surface area contributed by atoms with Crippen LogP contribution in [0.3, 0.4) is 0 Å². The van der Waals surface area contributed by atoms with Crippen LogP contribution in [-0.4, -0.2) is 11.1 Å². The van der Waals surface area contributed by atoms with E-state index in [4.69, 9.17) is 5.73 Å². The van der Waals surface area contributed by atoms with Crippen molar-refractivity contribution in [2.24, 2.45) is 5.73 Å². The van der Waals surface area contributed by atoms with E-state index in [1.807, 2.05) is 0 Å². The summed E-state index contributed by atoms with van der Waals surface area (Å²) in [5.74, 6) is 0. The van der Waals surface area contributed by atoms with E-state index in [0.717, 1.165) is 19.5 Å². The van der Waals surface area contributed by atoms with Gasteiger partial charge in [0.1, 0.15) is 0 Å². The van der Waals surface area contributed by atoms with Crippen molar-refractivity contribution in [3.05, 3.63) is 36.0 Å². The maximum Gasteiger partial charge on any atom is 0.0509 e. The van der Waals surface area contributed by atoms with Gasteiger partial charge in [-0.3, -0.25) is 0 Å². The van der Waals surface area contributed by atoms with Crippen molar-refractivity contribution in [3.63, 3.8) is 0 Å². The highest BCUT2D eigenvalue weighted by molar-refractivity contribution is 5.83. The van der Waals surface area contributed by atoms with Gasteiger partial charge < -0.3 is 10.3 Å². The molecule has 2 aromatic rings. The Kier molecular flexibility index (Phi) is 2.55. The van der Waals surface area contributed by atoms with Gasteiger partial charge in [0.2, 0.25) is 0 Å². The van der Waals surface area contributed by atoms with E-state index in [0.29, 0.717) is 0 Å². The Hall–Kier alpha value is -1.28. The van der Waals surface area contributed by atoms with E-state index in [1.165, 1.54) is 16.5 Å². The molecular weight excluding hydrogens is 172 g/mol. The minimum Gasteiger partial charge on any atom is -0.347 e. The number of nitrogens with zero attached hydrogens (tertiary/aromatic N) is 1. The highest BCUT2D eigenvalue weighted by Crippen LogP contribution is 2.19. The molecule has 0 atom stereocenters. The fourth-order valence-electron chi connectivity index (χ4n) is 1.90. The minimum atomic E-state index is 0.756. The Labute approximate surface area is 84.3 Å². The number of hydrogen-bond donors (Lipinski definition) is 1. The van der Waals surface area contributed by atoms with Crippen LogP contribution in [0.2, 0.25) is 0 Å². The molecule has 2 heteroatoms. The topological polar surface area (TPSA) is 30.9 Å². The van der Waals surface area contributed by atoms with Gasteiger partial charge in [0, 0.05) is 12.7 Å². The van der Waals surface area contributed by atoms with E-state index >= 15 is 0 Å². The third-order valence-electron chi connectivity index (χ3n) is 2.59. The standard InChI is InChI=1S/C12H16N2/c1-10-4-2-5-11-6-9-14(12(10)11)8-3-7-13/h2,4-6,9H,3,7-8,13H2,1H3. The second-order valence-corrected chi connectivity index (χ2v) is 3.66. The van der Waals surface area contributed by atoms with Crippen molar-refractivity contribution in [2.45, 2.75) is 19.9 Å². The SMILES string of the molecule is Cc1cccc2ccn(CCCN)c12. The Morgan fingerprint density at radius 1 is 1.29 bits per heavy atom. The summed E-state index contributed by atoms with van der Waals surface area (Å²) in [6, 6.07) is 8.58. The zero-order valence-electron chi connectivity index (χ0n) is 8.53. The first-order valence-electron chi connectivity index (χ1n) is 5.07. The van der Waals surface area contributed by atoms with Crippen molar-refractivity contribution in [1.29, 1.82) is 0 Å². The van der Waals surface area contributed by atoms with Gasteiger partial charge in [-0.25, -0.2) is 0 Å². The van der Waals surface area contributed by atoms with E-state index in [-0.39, 0.29) is 0 Å². The first-order valence-corrected chi connectivity index (χ1v) is 5.07. The van der Waals surface area contributed by atoms with Crippen LogP contribution >= 0.6 is 0 Å². The van der Waals surface area contributed by atoms with Gasteiger partial charge in [-0.15, -0.1) is 0 Å². The van der Waals surface area contributed by atoms with E-state index in [9.17, 15) is 0 Å². The molecule has 2 rings (SSSR count). The quantitative estimate of drug-likeness (QED) is 0.787. The highest BCUT2D eigenvalue weighted by Gasteiger charge is 2.02. The molecule has 14 heavy (non-hydrogen) atoms. The van der Waals surface area contributed by atoms with Crippen LogP contribution in [0.4, 0.5) is 0 Å². The number of hydrogen-bond acceptors (Lipinski definition) is 1. The van der Waals surface area contributed by atoms with Gasteiger partial charge in [0.05, 0.1) is 5.52 Å². The number of benzene rings is 1. The Morgan fingerprint density at radius 2 is 2.14 bits per heavy atom. The molecule has 0 fully saturated rings. The molecule has 1 heterocycles. The molecule has 1 aromatic heterocycles. The van der Waals surface area contributed by atoms with E-state index < -0.39 is 0 Å².